The lowest BCUT2D eigenvalue weighted by atomic mass is 10.1. The lowest BCUT2D eigenvalue weighted by molar-refractivity contribution is 0.188. The van der Waals surface area contributed by atoms with Gasteiger partial charge in [0.05, 0.1) is 0 Å². The van der Waals surface area contributed by atoms with Crippen molar-refractivity contribution >= 4 is 6.03 Å². The molecule has 88 valence electrons. The Labute approximate surface area is 93.2 Å². The number of urea groups is 1. The summed E-state index contributed by atoms with van der Waals surface area (Å²) in [5.74, 6) is 0. The van der Waals surface area contributed by atoms with Gasteiger partial charge < -0.3 is 10.2 Å². The molecule has 2 amide bonds. The van der Waals surface area contributed by atoms with Crippen LogP contribution in [0.15, 0.2) is 0 Å². The standard InChI is InChI=1S/C12H24N2O/c1-3-11(2)13-12(15)14-9-7-5-4-6-8-10-14/h11H,3-10H2,1-2H3,(H,13,15)/t11-/m0/s1. The number of nitrogens with zero attached hydrogens (tertiary/aromatic N) is 1. The quantitative estimate of drug-likeness (QED) is 0.750. The third-order valence-corrected chi connectivity index (χ3v) is 3.13. The molecule has 1 aliphatic rings. The number of carbonyl (C=O) groups is 1. The van der Waals surface area contributed by atoms with Crippen LogP contribution in [0.1, 0.15) is 52.4 Å². The highest BCUT2D eigenvalue weighted by Crippen LogP contribution is 2.10. The molecule has 0 spiro atoms. The molecule has 0 bridgehead atoms. The number of likely N-dealkylation sites (tertiary alicyclic amines) is 1. The lowest BCUT2D eigenvalue weighted by Crippen LogP contribution is -2.44. The molecule has 0 unspecified atom stereocenters. The van der Waals surface area contributed by atoms with Crippen molar-refractivity contribution in [3.05, 3.63) is 0 Å². The highest BCUT2D eigenvalue weighted by Gasteiger charge is 2.15. The second-order valence-electron chi connectivity index (χ2n) is 4.51. The first kappa shape index (κ1) is 12.3. The average Bonchev–Trinajstić information content (AvgIpc) is 2.16. The van der Waals surface area contributed by atoms with E-state index < -0.39 is 0 Å². The SMILES string of the molecule is CC[C@H](C)NC(=O)N1CCCCCCC1. The van der Waals surface area contributed by atoms with Crippen LogP contribution in [0.5, 0.6) is 0 Å². The Balaban J connectivity index is 2.34. The Hall–Kier alpha value is -0.730. The van der Waals surface area contributed by atoms with E-state index in [2.05, 4.69) is 19.2 Å². The van der Waals surface area contributed by atoms with Crippen molar-refractivity contribution < 1.29 is 4.79 Å². The highest BCUT2D eigenvalue weighted by molar-refractivity contribution is 5.74. The third-order valence-electron chi connectivity index (χ3n) is 3.13. The van der Waals surface area contributed by atoms with Gasteiger partial charge in [0.1, 0.15) is 0 Å². The summed E-state index contributed by atoms with van der Waals surface area (Å²) >= 11 is 0. The molecule has 1 fully saturated rings. The van der Waals surface area contributed by atoms with E-state index in [1.807, 2.05) is 4.90 Å². The second-order valence-corrected chi connectivity index (χ2v) is 4.51. The van der Waals surface area contributed by atoms with Crippen LogP contribution in [-0.4, -0.2) is 30.1 Å². The minimum atomic E-state index is 0.131. The van der Waals surface area contributed by atoms with Gasteiger partial charge >= 0.3 is 6.03 Å². The van der Waals surface area contributed by atoms with Crippen LogP contribution in [0.3, 0.4) is 0 Å². The summed E-state index contributed by atoms with van der Waals surface area (Å²) in [4.78, 5) is 13.8. The van der Waals surface area contributed by atoms with Gasteiger partial charge in [0.25, 0.3) is 0 Å². The molecule has 0 aromatic carbocycles. The van der Waals surface area contributed by atoms with Gasteiger partial charge in [0.2, 0.25) is 0 Å². The van der Waals surface area contributed by atoms with Crippen LogP contribution in [0.2, 0.25) is 0 Å². The van der Waals surface area contributed by atoms with Crippen molar-refractivity contribution in [2.75, 3.05) is 13.1 Å². The normalized spacial score (nSPS) is 20.3. The summed E-state index contributed by atoms with van der Waals surface area (Å²) in [6.45, 7) is 6.02. The van der Waals surface area contributed by atoms with E-state index >= 15 is 0 Å². The minimum absolute atomic E-state index is 0.131. The van der Waals surface area contributed by atoms with Crippen LogP contribution in [0.25, 0.3) is 0 Å². The van der Waals surface area contributed by atoms with Gasteiger partial charge in [-0.3, -0.25) is 0 Å². The van der Waals surface area contributed by atoms with Crippen molar-refractivity contribution in [1.29, 1.82) is 0 Å². The molecular formula is C12H24N2O. The largest absolute Gasteiger partial charge is 0.336 e. The Kier molecular flexibility index (Phi) is 5.51. The maximum atomic E-state index is 11.8. The number of hydrogen-bond donors (Lipinski definition) is 1. The van der Waals surface area contributed by atoms with Gasteiger partial charge in [-0.2, -0.15) is 0 Å². The molecule has 0 aromatic rings. The van der Waals surface area contributed by atoms with Gasteiger partial charge in [-0.15, -0.1) is 0 Å². The van der Waals surface area contributed by atoms with E-state index in [0.29, 0.717) is 6.04 Å². The van der Waals surface area contributed by atoms with Gasteiger partial charge in [0.15, 0.2) is 0 Å². The zero-order valence-electron chi connectivity index (χ0n) is 10.1. The van der Waals surface area contributed by atoms with Crippen LogP contribution >= 0.6 is 0 Å². The summed E-state index contributed by atoms with van der Waals surface area (Å²) in [6.07, 6.45) is 7.20. The summed E-state index contributed by atoms with van der Waals surface area (Å²) in [6, 6.07) is 0.425. The molecule has 3 heteroatoms. The number of rotatable bonds is 2. The smallest absolute Gasteiger partial charge is 0.317 e. The molecular weight excluding hydrogens is 188 g/mol. The van der Waals surface area contributed by atoms with Crippen molar-refractivity contribution in [1.82, 2.24) is 10.2 Å². The summed E-state index contributed by atoms with van der Waals surface area (Å²) in [7, 11) is 0. The molecule has 15 heavy (non-hydrogen) atoms. The van der Waals surface area contributed by atoms with E-state index in [1.54, 1.807) is 0 Å². The van der Waals surface area contributed by atoms with E-state index in [9.17, 15) is 4.79 Å². The lowest BCUT2D eigenvalue weighted by Gasteiger charge is -2.26. The summed E-state index contributed by atoms with van der Waals surface area (Å²) in [5, 5.41) is 3.03. The second kappa shape index (κ2) is 6.70. The Bertz CT molecular complexity index is 186. The molecule has 0 aromatic heterocycles. The monoisotopic (exact) mass is 212 g/mol. The number of carbonyl (C=O) groups excluding carboxylic acids is 1. The first-order chi connectivity index (χ1) is 7.24. The molecule has 1 rings (SSSR count). The zero-order chi connectivity index (χ0) is 11.1. The molecule has 0 radical (unpaired) electrons. The Morgan fingerprint density at radius 2 is 1.73 bits per heavy atom. The molecule has 1 N–H and O–H groups in total. The molecule has 1 aliphatic heterocycles. The Morgan fingerprint density at radius 1 is 1.20 bits per heavy atom. The van der Waals surface area contributed by atoms with E-state index in [1.165, 1.54) is 19.3 Å². The molecule has 1 atom stereocenters. The number of amides is 2. The fourth-order valence-electron chi connectivity index (χ4n) is 1.85. The zero-order valence-corrected chi connectivity index (χ0v) is 10.1. The molecule has 3 nitrogen and oxygen atoms in total. The highest BCUT2D eigenvalue weighted by atomic mass is 16.2. The first-order valence-electron chi connectivity index (χ1n) is 6.29. The predicted molar refractivity (Wildman–Crippen MR) is 62.9 cm³/mol. The van der Waals surface area contributed by atoms with Crippen LogP contribution in [-0.2, 0) is 0 Å². The number of nitrogens with one attached hydrogen (secondary N) is 1. The summed E-state index contributed by atoms with van der Waals surface area (Å²) < 4.78 is 0. The van der Waals surface area contributed by atoms with Crippen molar-refractivity contribution in [2.24, 2.45) is 0 Å². The third kappa shape index (κ3) is 4.54. The maximum absolute atomic E-state index is 11.8. The van der Waals surface area contributed by atoms with Crippen LogP contribution in [0, 0.1) is 0 Å². The van der Waals surface area contributed by atoms with Crippen molar-refractivity contribution in [2.45, 2.75) is 58.4 Å². The van der Waals surface area contributed by atoms with Crippen molar-refractivity contribution in [3.8, 4) is 0 Å². The van der Waals surface area contributed by atoms with Gasteiger partial charge in [-0.05, 0) is 26.2 Å². The topological polar surface area (TPSA) is 32.3 Å². The van der Waals surface area contributed by atoms with Gasteiger partial charge in [0, 0.05) is 19.1 Å². The molecule has 0 aliphatic carbocycles. The van der Waals surface area contributed by atoms with Gasteiger partial charge in [-0.25, -0.2) is 4.79 Å². The first-order valence-corrected chi connectivity index (χ1v) is 6.29. The average molecular weight is 212 g/mol. The minimum Gasteiger partial charge on any atom is -0.336 e. The van der Waals surface area contributed by atoms with Crippen LogP contribution < -0.4 is 5.32 Å². The number of hydrogen-bond acceptors (Lipinski definition) is 1. The van der Waals surface area contributed by atoms with Gasteiger partial charge in [-0.1, -0.05) is 26.2 Å². The Morgan fingerprint density at radius 3 is 2.27 bits per heavy atom. The summed E-state index contributed by atoms with van der Waals surface area (Å²) in [5.41, 5.74) is 0. The van der Waals surface area contributed by atoms with E-state index in [4.69, 9.17) is 0 Å². The van der Waals surface area contributed by atoms with E-state index in [0.717, 1.165) is 32.4 Å². The predicted octanol–water partition coefficient (Wildman–Crippen LogP) is 2.76. The van der Waals surface area contributed by atoms with Crippen molar-refractivity contribution in [3.63, 3.8) is 0 Å². The molecule has 1 heterocycles. The fraction of sp³-hybridized carbons (Fsp3) is 0.917. The van der Waals surface area contributed by atoms with Crippen LogP contribution in [0.4, 0.5) is 4.79 Å². The fourth-order valence-corrected chi connectivity index (χ4v) is 1.85. The maximum Gasteiger partial charge on any atom is 0.317 e. The molecule has 0 saturated carbocycles. The van der Waals surface area contributed by atoms with E-state index in [-0.39, 0.29) is 6.03 Å². The molecule has 1 saturated heterocycles.